The minimum absolute atomic E-state index is 0.556. The van der Waals surface area contributed by atoms with Crippen LogP contribution >= 0.6 is 0 Å². The van der Waals surface area contributed by atoms with Gasteiger partial charge in [-0.1, -0.05) is 0 Å². The molecule has 1 rings (SSSR count). The van der Waals surface area contributed by atoms with Crippen LogP contribution < -0.4 is 0 Å². The summed E-state index contributed by atoms with van der Waals surface area (Å²) in [6.45, 7) is 5.48. The van der Waals surface area contributed by atoms with Gasteiger partial charge in [-0.2, -0.15) is 0 Å². The second-order valence-corrected chi connectivity index (χ2v) is 8.68. The van der Waals surface area contributed by atoms with E-state index in [9.17, 15) is 0 Å². The van der Waals surface area contributed by atoms with E-state index in [1.165, 1.54) is 6.04 Å². The topological polar surface area (TPSA) is 21.8 Å². The van der Waals surface area contributed by atoms with Crippen LogP contribution in [0.3, 0.4) is 0 Å². The first-order valence-corrected chi connectivity index (χ1v) is 7.24. The maximum absolute atomic E-state index is 5.49. The van der Waals surface area contributed by atoms with Crippen LogP contribution in [0.2, 0.25) is 19.1 Å². The Balaban J connectivity index is 2.21. The molecule has 0 aromatic heterocycles. The molecule has 9 heavy (non-hydrogen) atoms. The molecule has 0 aromatic rings. The molecule has 1 aliphatic rings. The maximum atomic E-state index is 5.49. The molecule has 0 amide bonds. The zero-order chi connectivity index (χ0) is 6.91. The lowest BCUT2D eigenvalue weighted by atomic mass is 10.6. The zero-order valence-corrected chi connectivity index (χ0v) is 9.31. The van der Waals surface area contributed by atoms with Crippen LogP contribution in [0.15, 0.2) is 0 Å². The lowest BCUT2D eigenvalue weighted by Crippen LogP contribution is -2.30. The Bertz CT molecular complexity index is 101. The molecule has 1 fully saturated rings. The lowest BCUT2D eigenvalue weighted by Gasteiger charge is -2.18. The largest absolute Gasteiger partial charge is 0.463 e. The molecular formula is C5H14O2Si2. The van der Waals surface area contributed by atoms with Crippen molar-refractivity contribution in [2.45, 2.75) is 25.2 Å². The standard InChI is InChI=1S/C5H14O2Si2/c1-9(2,7-8)4-5-3-6-5/h5H,3-4H2,1-2,8H3. The van der Waals surface area contributed by atoms with E-state index >= 15 is 0 Å². The second kappa shape index (κ2) is 2.53. The third-order valence-corrected chi connectivity index (χ3v) is 7.53. The average molecular weight is 162 g/mol. The van der Waals surface area contributed by atoms with Gasteiger partial charge in [0, 0.05) is 0 Å². The molecular weight excluding hydrogens is 148 g/mol. The van der Waals surface area contributed by atoms with E-state index in [1.807, 2.05) is 0 Å². The van der Waals surface area contributed by atoms with Crippen molar-refractivity contribution in [3.05, 3.63) is 0 Å². The highest BCUT2D eigenvalue weighted by Gasteiger charge is 2.32. The number of ether oxygens (including phenoxy) is 1. The van der Waals surface area contributed by atoms with Crippen molar-refractivity contribution in [1.82, 2.24) is 0 Å². The van der Waals surface area contributed by atoms with Crippen molar-refractivity contribution in [1.29, 1.82) is 0 Å². The summed E-state index contributed by atoms with van der Waals surface area (Å²) in [6, 6.07) is 1.19. The summed E-state index contributed by atoms with van der Waals surface area (Å²) in [7, 11) is -0.354. The molecule has 1 heterocycles. The monoisotopic (exact) mass is 162 g/mol. The zero-order valence-electron chi connectivity index (χ0n) is 6.31. The predicted molar refractivity (Wildman–Crippen MR) is 43.1 cm³/mol. The van der Waals surface area contributed by atoms with Gasteiger partial charge in [-0.05, 0) is 19.1 Å². The fourth-order valence-electron chi connectivity index (χ4n) is 0.818. The first-order valence-electron chi connectivity index (χ1n) is 3.31. The quantitative estimate of drug-likeness (QED) is 0.426. The molecule has 0 saturated carbocycles. The molecule has 4 heteroatoms. The van der Waals surface area contributed by atoms with Crippen LogP contribution in [0.5, 0.6) is 0 Å². The summed E-state index contributed by atoms with van der Waals surface area (Å²) in [5, 5.41) is 0. The van der Waals surface area contributed by atoms with E-state index < -0.39 is 8.32 Å². The summed E-state index contributed by atoms with van der Waals surface area (Å²) < 4.78 is 10.6. The first-order chi connectivity index (χ1) is 4.14. The average Bonchev–Trinajstić information content (AvgIpc) is 2.50. The Morgan fingerprint density at radius 2 is 2.33 bits per heavy atom. The van der Waals surface area contributed by atoms with Gasteiger partial charge in [0.15, 0.2) is 8.32 Å². The van der Waals surface area contributed by atoms with Gasteiger partial charge in [-0.3, -0.25) is 0 Å². The van der Waals surface area contributed by atoms with Crippen LogP contribution in [0, 0.1) is 0 Å². The van der Waals surface area contributed by atoms with Crippen molar-refractivity contribution in [2.24, 2.45) is 0 Å². The molecule has 54 valence electrons. The predicted octanol–water partition coefficient (Wildman–Crippen LogP) is -0.113. The number of epoxide rings is 1. The molecule has 0 radical (unpaired) electrons. The molecule has 2 nitrogen and oxygen atoms in total. The third-order valence-electron chi connectivity index (χ3n) is 1.67. The number of hydrogen-bond donors (Lipinski definition) is 0. The van der Waals surface area contributed by atoms with E-state index in [1.54, 1.807) is 0 Å². The van der Waals surface area contributed by atoms with Gasteiger partial charge < -0.3 is 8.85 Å². The third kappa shape index (κ3) is 2.62. The molecule has 0 N–H and O–H groups in total. The van der Waals surface area contributed by atoms with E-state index in [2.05, 4.69) is 13.1 Å². The SMILES string of the molecule is C[Si](C)(CC1CO1)O[SiH3]. The summed E-state index contributed by atoms with van der Waals surface area (Å²) in [5.41, 5.74) is 0. The lowest BCUT2D eigenvalue weighted by molar-refractivity contribution is 0.415. The van der Waals surface area contributed by atoms with Gasteiger partial charge in [0.25, 0.3) is 0 Å². The minimum Gasteiger partial charge on any atom is -0.463 e. The Kier molecular flexibility index (Phi) is 2.10. The van der Waals surface area contributed by atoms with Crippen LogP contribution in [0.1, 0.15) is 0 Å². The summed E-state index contributed by atoms with van der Waals surface area (Å²) in [5.74, 6) is 0. The smallest absolute Gasteiger partial charge is 0.175 e. The van der Waals surface area contributed by atoms with Gasteiger partial charge in [0.05, 0.1) is 12.7 Å². The molecule has 1 aliphatic heterocycles. The van der Waals surface area contributed by atoms with Gasteiger partial charge in [0.1, 0.15) is 10.5 Å². The van der Waals surface area contributed by atoms with Crippen molar-refractivity contribution in [2.75, 3.05) is 6.61 Å². The van der Waals surface area contributed by atoms with Crippen LogP contribution in [-0.4, -0.2) is 31.5 Å². The molecule has 0 spiro atoms. The number of hydrogen-bond acceptors (Lipinski definition) is 2. The maximum Gasteiger partial charge on any atom is 0.175 e. The van der Waals surface area contributed by atoms with Crippen LogP contribution in [0.25, 0.3) is 0 Å². The highest BCUT2D eigenvalue weighted by Crippen LogP contribution is 2.22. The molecule has 0 aliphatic carbocycles. The summed E-state index contributed by atoms with van der Waals surface area (Å²) in [4.78, 5) is 0. The number of rotatable bonds is 3. The summed E-state index contributed by atoms with van der Waals surface area (Å²) >= 11 is 0. The van der Waals surface area contributed by atoms with E-state index in [0.717, 1.165) is 17.1 Å². The highest BCUT2D eigenvalue weighted by molar-refractivity contribution is 6.73. The second-order valence-electron chi connectivity index (χ2n) is 3.12. The Morgan fingerprint density at radius 3 is 2.67 bits per heavy atom. The first kappa shape index (κ1) is 7.46. The Morgan fingerprint density at radius 1 is 1.78 bits per heavy atom. The highest BCUT2D eigenvalue weighted by atomic mass is 28.4. The fourth-order valence-corrected chi connectivity index (χ4v) is 2.82. The van der Waals surface area contributed by atoms with E-state index in [0.29, 0.717) is 6.10 Å². The molecule has 1 saturated heterocycles. The Hall–Kier alpha value is 0.354. The normalized spacial score (nSPS) is 26.7. The minimum atomic E-state index is -1.24. The van der Waals surface area contributed by atoms with Crippen molar-refractivity contribution >= 4 is 18.8 Å². The van der Waals surface area contributed by atoms with Crippen molar-refractivity contribution in [3.63, 3.8) is 0 Å². The molecule has 0 aromatic carbocycles. The van der Waals surface area contributed by atoms with Gasteiger partial charge in [0.2, 0.25) is 0 Å². The summed E-state index contributed by atoms with van der Waals surface area (Å²) in [6.07, 6.45) is 0.556. The molecule has 1 atom stereocenters. The van der Waals surface area contributed by atoms with E-state index in [-0.39, 0.29) is 0 Å². The van der Waals surface area contributed by atoms with Crippen molar-refractivity contribution < 1.29 is 8.85 Å². The van der Waals surface area contributed by atoms with Crippen molar-refractivity contribution in [3.8, 4) is 0 Å². The van der Waals surface area contributed by atoms with Gasteiger partial charge >= 0.3 is 0 Å². The van der Waals surface area contributed by atoms with Gasteiger partial charge in [-0.15, -0.1) is 0 Å². The Labute approximate surface area is 60.2 Å². The van der Waals surface area contributed by atoms with Gasteiger partial charge in [-0.25, -0.2) is 0 Å². The molecule has 0 bridgehead atoms. The van der Waals surface area contributed by atoms with Crippen LogP contribution in [0.4, 0.5) is 0 Å². The van der Waals surface area contributed by atoms with E-state index in [4.69, 9.17) is 8.85 Å². The molecule has 1 unspecified atom stereocenters. The fraction of sp³-hybridized carbons (Fsp3) is 1.00. The van der Waals surface area contributed by atoms with Crippen LogP contribution in [-0.2, 0) is 8.85 Å².